The van der Waals surface area contributed by atoms with Crippen molar-refractivity contribution < 1.29 is 17.9 Å². The minimum Gasteiger partial charge on any atom is -0.496 e. The standard InChI is InChI=1S/C23H27BrN2O4S/c1-15-12-20(5-7-22(15)30-3)31(28,29)25-10-8-17(9-11-25)23(27)26-16(2)13-18-14-19(24)4-6-21(18)26/h4-7,12,14,16-17H,8-11,13H2,1-3H3/t16-/m1/s1. The van der Waals surface area contributed by atoms with E-state index in [1.54, 1.807) is 25.3 Å². The molecule has 0 aliphatic carbocycles. The Bertz CT molecular complexity index is 1110. The number of amides is 1. The van der Waals surface area contributed by atoms with E-state index >= 15 is 0 Å². The molecule has 2 aliphatic heterocycles. The summed E-state index contributed by atoms with van der Waals surface area (Å²) in [5, 5.41) is 0. The van der Waals surface area contributed by atoms with Crippen LogP contribution < -0.4 is 9.64 Å². The average Bonchev–Trinajstić information content (AvgIpc) is 3.07. The van der Waals surface area contributed by atoms with Crippen LogP contribution in [0, 0.1) is 12.8 Å². The maximum Gasteiger partial charge on any atom is 0.243 e. The van der Waals surface area contributed by atoms with Crippen LogP contribution in [0.5, 0.6) is 5.75 Å². The SMILES string of the molecule is COc1ccc(S(=O)(=O)N2CCC(C(=O)N3c4ccc(Br)cc4C[C@H]3C)CC2)cc1C. The van der Waals surface area contributed by atoms with Gasteiger partial charge in [-0.3, -0.25) is 4.79 Å². The zero-order valence-corrected chi connectivity index (χ0v) is 20.4. The van der Waals surface area contributed by atoms with Gasteiger partial charge in [-0.1, -0.05) is 15.9 Å². The lowest BCUT2D eigenvalue weighted by Gasteiger charge is -2.34. The largest absolute Gasteiger partial charge is 0.496 e. The van der Waals surface area contributed by atoms with Crippen LogP contribution in [-0.2, 0) is 21.2 Å². The van der Waals surface area contributed by atoms with Crippen molar-refractivity contribution >= 4 is 37.5 Å². The molecule has 0 N–H and O–H groups in total. The minimum atomic E-state index is -3.59. The fraction of sp³-hybridized carbons (Fsp3) is 0.435. The maximum absolute atomic E-state index is 13.3. The minimum absolute atomic E-state index is 0.103. The van der Waals surface area contributed by atoms with Crippen LogP contribution in [-0.4, -0.2) is 44.9 Å². The Hall–Kier alpha value is -1.90. The highest BCUT2D eigenvalue weighted by Gasteiger charge is 2.38. The van der Waals surface area contributed by atoms with Crippen LogP contribution in [0.1, 0.15) is 30.9 Å². The van der Waals surface area contributed by atoms with Gasteiger partial charge in [0.2, 0.25) is 15.9 Å². The predicted molar refractivity (Wildman–Crippen MR) is 124 cm³/mol. The molecular formula is C23H27BrN2O4S. The summed E-state index contributed by atoms with van der Waals surface area (Å²) in [6.07, 6.45) is 1.90. The highest BCUT2D eigenvalue weighted by atomic mass is 79.9. The highest BCUT2D eigenvalue weighted by Crippen LogP contribution is 2.37. The molecule has 0 bridgehead atoms. The summed E-state index contributed by atoms with van der Waals surface area (Å²) < 4.78 is 34.0. The topological polar surface area (TPSA) is 66.9 Å². The molecule has 1 fully saturated rings. The third kappa shape index (κ3) is 4.13. The third-order valence-electron chi connectivity index (χ3n) is 6.30. The normalized spacial score (nSPS) is 20.0. The number of hydrogen-bond acceptors (Lipinski definition) is 4. The van der Waals surface area contributed by atoms with Gasteiger partial charge in [0.05, 0.1) is 12.0 Å². The number of nitrogens with zero attached hydrogens (tertiary/aromatic N) is 2. The molecule has 2 heterocycles. The van der Waals surface area contributed by atoms with Crippen LogP contribution in [0.25, 0.3) is 0 Å². The number of methoxy groups -OCH3 is 1. The number of benzene rings is 2. The lowest BCUT2D eigenvalue weighted by Crippen LogP contribution is -2.46. The van der Waals surface area contributed by atoms with Gasteiger partial charge in [-0.25, -0.2) is 8.42 Å². The van der Waals surface area contributed by atoms with E-state index in [0.717, 1.165) is 22.1 Å². The first kappa shape index (κ1) is 22.3. The number of ether oxygens (including phenoxy) is 1. The molecule has 8 heteroatoms. The van der Waals surface area contributed by atoms with Gasteiger partial charge in [0.1, 0.15) is 5.75 Å². The average molecular weight is 507 g/mol. The van der Waals surface area contributed by atoms with Gasteiger partial charge < -0.3 is 9.64 Å². The number of piperidine rings is 1. The maximum atomic E-state index is 13.3. The molecule has 2 aromatic carbocycles. The number of carbonyl (C=O) groups is 1. The van der Waals surface area contributed by atoms with Crippen molar-refractivity contribution in [1.82, 2.24) is 4.31 Å². The second-order valence-corrected chi connectivity index (χ2v) is 11.2. The number of anilines is 1. The molecule has 1 saturated heterocycles. The van der Waals surface area contributed by atoms with Crippen molar-refractivity contribution in [2.75, 3.05) is 25.1 Å². The van der Waals surface area contributed by atoms with Gasteiger partial charge in [-0.2, -0.15) is 4.31 Å². The summed E-state index contributed by atoms with van der Waals surface area (Å²) in [5.41, 5.74) is 2.93. The number of sulfonamides is 1. The van der Waals surface area contributed by atoms with Gasteiger partial charge in [-0.05, 0) is 80.6 Å². The molecule has 166 valence electrons. The molecule has 0 saturated carbocycles. The summed E-state index contributed by atoms with van der Waals surface area (Å²) in [7, 11) is -2.03. The lowest BCUT2D eigenvalue weighted by atomic mass is 9.96. The second kappa shape index (κ2) is 8.56. The Morgan fingerprint density at radius 2 is 1.84 bits per heavy atom. The van der Waals surface area contributed by atoms with E-state index in [1.165, 1.54) is 9.87 Å². The van der Waals surface area contributed by atoms with E-state index in [4.69, 9.17) is 4.74 Å². The molecule has 4 rings (SSSR count). The Morgan fingerprint density at radius 1 is 1.13 bits per heavy atom. The van der Waals surface area contributed by atoms with E-state index in [2.05, 4.69) is 28.9 Å². The number of aryl methyl sites for hydroxylation is 1. The first-order valence-corrected chi connectivity index (χ1v) is 12.7. The van der Waals surface area contributed by atoms with Gasteiger partial charge in [-0.15, -0.1) is 0 Å². The van der Waals surface area contributed by atoms with Crippen molar-refractivity contribution in [1.29, 1.82) is 0 Å². The number of hydrogen-bond donors (Lipinski definition) is 0. The fourth-order valence-corrected chi connectivity index (χ4v) is 6.60. The van der Waals surface area contributed by atoms with E-state index in [0.29, 0.717) is 31.7 Å². The molecular weight excluding hydrogens is 480 g/mol. The zero-order chi connectivity index (χ0) is 22.3. The van der Waals surface area contributed by atoms with E-state index < -0.39 is 10.0 Å². The van der Waals surface area contributed by atoms with E-state index in [-0.39, 0.29) is 22.8 Å². The molecule has 2 aromatic rings. The van der Waals surface area contributed by atoms with Gasteiger partial charge >= 0.3 is 0 Å². The predicted octanol–water partition coefficient (Wildman–Crippen LogP) is 4.14. The molecule has 0 radical (unpaired) electrons. The number of fused-ring (bicyclic) bond motifs is 1. The molecule has 31 heavy (non-hydrogen) atoms. The second-order valence-electron chi connectivity index (χ2n) is 8.34. The van der Waals surface area contributed by atoms with Gasteiger partial charge in [0.15, 0.2) is 0 Å². The molecule has 2 aliphatic rings. The lowest BCUT2D eigenvalue weighted by molar-refractivity contribution is -0.123. The first-order chi connectivity index (χ1) is 14.7. The molecule has 0 spiro atoms. The van der Waals surface area contributed by atoms with Crippen molar-refractivity contribution in [3.05, 3.63) is 52.0 Å². The highest BCUT2D eigenvalue weighted by molar-refractivity contribution is 9.10. The molecule has 1 atom stereocenters. The van der Waals surface area contributed by atoms with Crippen LogP contribution >= 0.6 is 15.9 Å². The molecule has 0 aromatic heterocycles. The van der Waals surface area contributed by atoms with Gasteiger partial charge in [0, 0.05) is 35.2 Å². The number of carbonyl (C=O) groups excluding carboxylic acids is 1. The van der Waals surface area contributed by atoms with Crippen LogP contribution in [0.15, 0.2) is 45.8 Å². The summed E-state index contributed by atoms with van der Waals surface area (Å²) in [6, 6.07) is 11.1. The number of rotatable bonds is 4. The fourth-order valence-electron chi connectivity index (χ4n) is 4.64. The van der Waals surface area contributed by atoms with E-state index in [1.807, 2.05) is 24.0 Å². The Morgan fingerprint density at radius 3 is 2.48 bits per heavy atom. The van der Waals surface area contributed by atoms with Gasteiger partial charge in [0.25, 0.3) is 0 Å². The van der Waals surface area contributed by atoms with E-state index in [9.17, 15) is 13.2 Å². The molecule has 1 amide bonds. The molecule has 6 nitrogen and oxygen atoms in total. The summed E-state index contributed by atoms with van der Waals surface area (Å²) in [5.74, 6) is 0.599. The Balaban J connectivity index is 1.46. The quantitative estimate of drug-likeness (QED) is 0.624. The van der Waals surface area contributed by atoms with Crippen molar-refractivity contribution in [3.8, 4) is 5.75 Å². The zero-order valence-electron chi connectivity index (χ0n) is 18.0. The summed E-state index contributed by atoms with van der Waals surface area (Å²) in [6.45, 7) is 4.59. The number of halogens is 1. The van der Waals surface area contributed by atoms with Crippen molar-refractivity contribution in [3.63, 3.8) is 0 Å². The van der Waals surface area contributed by atoms with Crippen LogP contribution in [0.4, 0.5) is 5.69 Å². The van der Waals surface area contributed by atoms with Crippen molar-refractivity contribution in [2.24, 2.45) is 5.92 Å². The Kier molecular flexibility index (Phi) is 6.16. The molecule has 0 unspecified atom stereocenters. The smallest absolute Gasteiger partial charge is 0.243 e. The first-order valence-electron chi connectivity index (χ1n) is 10.5. The van der Waals surface area contributed by atoms with Crippen LogP contribution in [0.2, 0.25) is 0 Å². The monoisotopic (exact) mass is 506 g/mol. The van der Waals surface area contributed by atoms with Crippen LogP contribution in [0.3, 0.4) is 0 Å². The summed E-state index contributed by atoms with van der Waals surface area (Å²) in [4.78, 5) is 15.5. The Labute approximate surface area is 192 Å². The third-order valence-corrected chi connectivity index (χ3v) is 8.69. The van der Waals surface area contributed by atoms with Crippen molar-refractivity contribution in [2.45, 2.75) is 44.0 Å². The summed E-state index contributed by atoms with van der Waals surface area (Å²) >= 11 is 3.50.